The van der Waals surface area contributed by atoms with Crippen LogP contribution in [0.5, 0.6) is 11.5 Å². The van der Waals surface area contributed by atoms with Gasteiger partial charge in [-0.15, -0.1) is 0 Å². The molecule has 10 aromatic rings. The predicted octanol–water partition coefficient (Wildman–Crippen LogP) is 14.9. The Morgan fingerprint density at radius 3 is 1.27 bits per heavy atom. The van der Waals surface area contributed by atoms with E-state index in [0.29, 0.717) is 11.6 Å². The highest BCUT2D eigenvalue weighted by Gasteiger charge is 2.26. The summed E-state index contributed by atoms with van der Waals surface area (Å²) in [6.07, 6.45) is 0. The van der Waals surface area contributed by atoms with Crippen molar-refractivity contribution in [3.63, 3.8) is 0 Å². The summed E-state index contributed by atoms with van der Waals surface area (Å²) < 4.78 is 6.96. The van der Waals surface area contributed by atoms with E-state index in [4.69, 9.17) is 24.7 Å². The van der Waals surface area contributed by atoms with E-state index in [-0.39, 0.29) is 0 Å². The zero-order valence-corrected chi connectivity index (χ0v) is 34.2. The van der Waals surface area contributed by atoms with E-state index in [9.17, 15) is 0 Å². The first-order valence-electron chi connectivity index (χ1n) is 20.5. The number of fused-ring (bicyclic) bond motifs is 2. The average molecular weight is 813 g/mol. The molecular formula is C56H36N4OS. The van der Waals surface area contributed by atoms with Gasteiger partial charge in [0.05, 0.1) is 32.6 Å². The van der Waals surface area contributed by atoms with Crippen LogP contribution in [-0.2, 0) is 0 Å². The van der Waals surface area contributed by atoms with Gasteiger partial charge in [-0.2, -0.15) is 0 Å². The summed E-state index contributed by atoms with van der Waals surface area (Å²) in [5.41, 5.74) is 13.2. The SMILES string of the molecule is c1ccc(-c2cc(-c3ccccc3)nc(-c3ccc(-c4cccc5c4Oc4cccc(-c6ccccc6)c4S5)c(-c4nc(-c5ccccc5)cc(-c5ccccc5)n4)c3)n2)cc1. The first-order chi connectivity index (χ1) is 30.7. The lowest BCUT2D eigenvalue weighted by Gasteiger charge is -2.25. The zero-order chi connectivity index (χ0) is 41.2. The summed E-state index contributed by atoms with van der Waals surface area (Å²) >= 11 is 1.74. The van der Waals surface area contributed by atoms with Gasteiger partial charge in [0.2, 0.25) is 0 Å². The van der Waals surface area contributed by atoms with Crippen LogP contribution in [0.4, 0.5) is 0 Å². The lowest BCUT2D eigenvalue weighted by molar-refractivity contribution is 0.457. The molecule has 0 atom stereocenters. The third kappa shape index (κ3) is 7.23. The normalized spacial score (nSPS) is 11.6. The Hall–Kier alpha value is -7.93. The van der Waals surface area contributed by atoms with Gasteiger partial charge in [-0.3, -0.25) is 0 Å². The minimum absolute atomic E-state index is 0.581. The van der Waals surface area contributed by atoms with Gasteiger partial charge in [-0.25, -0.2) is 19.9 Å². The van der Waals surface area contributed by atoms with Crippen LogP contribution in [0.1, 0.15) is 0 Å². The van der Waals surface area contributed by atoms with Gasteiger partial charge in [0.1, 0.15) is 11.5 Å². The van der Waals surface area contributed by atoms with Gasteiger partial charge in [-0.05, 0) is 47.0 Å². The summed E-state index contributed by atoms with van der Waals surface area (Å²) in [7, 11) is 0. The molecule has 0 unspecified atom stereocenters. The maximum Gasteiger partial charge on any atom is 0.161 e. The minimum Gasteiger partial charge on any atom is -0.454 e. The molecule has 8 aromatic carbocycles. The third-order valence-electron chi connectivity index (χ3n) is 11.0. The van der Waals surface area contributed by atoms with Gasteiger partial charge in [0, 0.05) is 38.9 Å². The van der Waals surface area contributed by atoms with Crippen LogP contribution >= 0.6 is 11.8 Å². The van der Waals surface area contributed by atoms with Crippen molar-refractivity contribution in [2.45, 2.75) is 9.79 Å². The fourth-order valence-electron chi connectivity index (χ4n) is 7.95. The number of hydrogen-bond acceptors (Lipinski definition) is 6. The van der Waals surface area contributed by atoms with E-state index in [0.717, 1.165) is 99.7 Å². The molecule has 1 aliphatic rings. The van der Waals surface area contributed by atoms with E-state index < -0.39 is 0 Å². The second kappa shape index (κ2) is 16.3. The minimum atomic E-state index is 0.581. The van der Waals surface area contributed by atoms with Crippen molar-refractivity contribution in [1.82, 2.24) is 19.9 Å². The molecule has 0 aliphatic carbocycles. The molecule has 3 heterocycles. The number of aromatic nitrogens is 4. The molecule has 2 aromatic heterocycles. The number of para-hydroxylation sites is 1. The average Bonchev–Trinajstić information content (AvgIpc) is 3.36. The molecule has 0 amide bonds. The Balaban J connectivity index is 1.13. The number of nitrogens with zero attached hydrogens (tertiary/aromatic N) is 4. The molecular weight excluding hydrogens is 777 g/mol. The Bertz CT molecular complexity index is 3100. The van der Waals surface area contributed by atoms with Crippen LogP contribution in [0.25, 0.3) is 90.1 Å². The maximum atomic E-state index is 6.96. The van der Waals surface area contributed by atoms with Gasteiger partial charge in [0.15, 0.2) is 11.6 Å². The topological polar surface area (TPSA) is 60.8 Å². The summed E-state index contributed by atoms with van der Waals surface area (Å²) in [5.74, 6) is 2.80. The molecule has 0 spiro atoms. The monoisotopic (exact) mass is 812 g/mol. The smallest absolute Gasteiger partial charge is 0.161 e. The molecule has 0 N–H and O–H groups in total. The lowest BCUT2D eigenvalue weighted by atomic mass is 9.95. The zero-order valence-electron chi connectivity index (χ0n) is 33.4. The lowest BCUT2D eigenvalue weighted by Crippen LogP contribution is -2.02. The number of ether oxygens (including phenoxy) is 1. The van der Waals surface area contributed by atoms with Crippen LogP contribution in [0, 0.1) is 0 Å². The van der Waals surface area contributed by atoms with E-state index in [1.807, 2.05) is 78.9 Å². The number of rotatable bonds is 8. The van der Waals surface area contributed by atoms with Crippen LogP contribution in [0.15, 0.2) is 228 Å². The van der Waals surface area contributed by atoms with Crippen molar-refractivity contribution in [2.75, 3.05) is 0 Å². The Labute approximate surface area is 364 Å². The van der Waals surface area contributed by atoms with Gasteiger partial charge in [-0.1, -0.05) is 200 Å². The van der Waals surface area contributed by atoms with Crippen molar-refractivity contribution < 1.29 is 4.74 Å². The second-order valence-corrected chi connectivity index (χ2v) is 16.0. The number of hydrogen-bond donors (Lipinski definition) is 0. The molecule has 0 saturated heterocycles. The Morgan fingerprint density at radius 1 is 0.306 bits per heavy atom. The largest absolute Gasteiger partial charge is 0.454 e. The van der Waals surface area contributed by atoms with E-state index in [2.05, 4.69) is 140 Å². The summed E-state index contributed by atoms with van der Waals surface area (Å²) in [6.45, 7) is 0. The quantitative estimate of drug-likeness (QED) is 0.152. The molecule has 0 bridgehead atoms. The van der Waals surface area contributed by atoms with Crippen LogP contribution in [0.3, 0.4) is 0 Å². The Morgan fingerprint density at radius 2 is 0.758 bits per heavy atom. The van der Waals surface area contributed by atoms with Crippen molar-refractivity contribution in [1.29, 1.82) is 0 Å². The Kier molecular flexibility index (Phi) is 9.73. The van der Waals surface area contributed by atoms with Crippen molar-refractivity contribution in [3.05, 3.63) is 218 Å². The van der Waals surface area contributed by atoms with E-state index >= 15 is 0 Å². The highest BCUT2D eigenvalue weighted by Crippen LogP contribution is 2.54. The highest BCUT2D eigenvalue weighted by molar-refractivity contribution is 7.99. The highest BCUT2D eigenvalue weighted by atomic mass is 32.2. The fourth-order valence-corrected chi connectivity index (χ4v) is 9.07. The van der Waals surface area contributed by atoms with Crippen LogP contribution in [-0.4, -0.2) is 19.9 Å². The van der Waals surface area contributed by atoms with Crippen molar-refractivity contribution in [2.24, 2.45) is 0 Å². The summed E-state index contributed by atoms with van der Waals surface area (Å²) in [6, 6.07) is 74.8. The maximum absolute atomic E-state index is 6.96. The van der Waals surface area contributed by atoms with Crippen LogP contribution < -0.4 is 4.74 Å². The predicted molar refractivity (Wildman–Crippen MR) is 252 cm³/mol. The van der Waals surface area contributed by atoms with E-state index in [1.54, 1.807) is 11.8 Å². The summed E-state index contributed by atoms with van der Waals surface area (Å²) in [5, 5.41) is 0. The molecule has 11 rings (SSSR count). The van der Waals surface area contributed by atoms with Gasteiger partial charge < -0.3 is 4.74 Å². The molecule has 292 valence electrons. The molecule has 1 aliphatic heterocycles. The molecule has 6 heteroatoms. The first kappa shape index (κ1) is 37.1. The fraction of sp³-hybridized carbons (Fsp3) is 0. The van der Waals surface area contributed by atoms with Crippen molar-refractivity contribution in [3.8, 4) is 102 Å². The first-order valence-corrected chi connectivity index (χ1v) is 21.4. The molecule has 62 heavy (non-hydrogen) atoms. The van der Waals surface area contributed by atoms with Crippen LogP contribution in [0.2, 0.25) is 0 Å². The van der Waals surface area contributed by atoms with E-state index in [1.165, 1.54) is 0 Å². The molecule has 5 nitrogen and oxygen atoms in total. The van der Waals surface area contributed by atoms with Gasteiger partial charge >= 0.3 is 0 Å². The molecule has 0 radical (unpaired) electrons. The molecule has 0 saturated carbocycles. The molecule has 0 fully saturated rings. The number of benzene rings is 8. The second-order valence-electron chi connectivity index (χ2n) is 15.0. The third-order valence-corrected chi connectivity index (χ3v) is 12.2. The summed E-state index contributed by atoms with van der Waals surface area (Å²) in [4.78, 5) is 23.2. The standard InChI is InChI=1S/C56H36N4OS/c1-6-18-37(19-7-1)43-28-16-30-51-54(43)62-52-31-17-29-45(53(52)61-51)44-33-32-42(55-57-47(38-20-8-2-9-21-38)35-48(58-55)39-22-10-3-11-23-39)34-46(44)56-59-49(40-24-12-4-13-25-40)36-50(60-56)41-26-14-5-15-27-41/h1-36H. The van der Waals surface area contributed by atoms with Gasteiger partial charge in [0.25, 0.3) is 0 Å². The van der Waals surface area contributed by atoms with Crippen molar-refractivity contribution >= 4 is 11.8 Å².